The number of carboxylic acids is 1. The van der Waals surface area contributed by atoms with Gasteiger partial charge in [0.25, 0.3) is 0 Å². The van der Waals surface area contributed by atoms with Gasteiger partial charge in [-0.15, -0.1) is 0 Å². The van der Waals surface area contributed by atoms with Crippen LogP contribution in [0.15, 0.2) is 0 Å². The van der Waals surface area contributed by atoms with Crippen LogP contribution in [-0.2, 0) is 4.79 Å². The summed E-state index contributed by atoms with van der Waals surface area (Å²) in [6, 6.07) is 0.188. The molecule has 1 N–H and O–H groups in total. The minimum atomic E-state index is -0.776. The van der Waals surface area contributed by atoms with Gasteiger partial charge in [0.15, 0.2) is 0 Å². The molecule has 0 spiro atoms. The van der Waals surface area contributed by atoms with Crippen LogP contribution in [-0.4, -0.2) is 70.8 Å². The van der Waals surface area contributed by atoms with Crippen LogP contribution >= 0.6 is 11.6 Å². The van der Waals surface area contributed by atoms with Crippen molar-refractivity contribution in [1.29, 1.82) is 0 Å². The summed E-state index contributed by atoms with van der Waals surface area (Å²) < 4.78 is 4.96. The van der Waals surface area contributed by atoms with E-state index >= 15 is 0 Å². The lowest BCUT2D eigenvalue weighted by Crippen LogP contribution is -2.47. The topological polar surface area (TPSA) is 91.7 Å². The van der Waals surface area contributed by atoms with Crippen LogP contribution in [0.1, 0.15) is 6.42 Å². The Kier molecular flexibility index (Phi) is 4.91. The number of aromatic nitrogens is 3. The molecule has 0 amide bonds. The van der Waals surface area contributed by atoms with Crippen molar-refractivity contribution < 1.29 is 14.6 Å². The molecule has 0 aromatic carbocycles. The van der Waals surface area contributed by atoms with Gasteiger partial charge in [-0.05, 0) is 11.6 Å². The van der Waals surface area contributed by atoms with Crippen LogP contribution < -0.4 is 9.64 Å². The second-order valence-corrected chi connectivity index (χ2v) is 4.70. The van der Waals surface area contributed by atoms with Crippen molar-refractivity contribution >= 4 is 23.5 Å². The molecule has 1 aliphatic rings. The summed E-state index contributed by atoms with van der Waals surface area (Å²) in [5, 5.41) is 8.77. The second kappa shape index (κ2) is 6.67. The third kappa shape index (κ3) is 3.91. The number of halogens is 1. The third-order valence-corrected chi connectivity index (χ3v) is 3.22. The maximum absolute atomic E-state index is 10.5. The number of piperazine rings is 1. The van der Waals surface area contributed by atoms with Crippen LogP contribution in [0.4, 0.5) is 5.95 Å². The molecule has 110 valence electrons. The molecule has 9 heteroatoms. The normalized spacial score (nSPS) is 16.2. The molecule has 0 unspecified atom stereocenters. The van der Waals surface area contributed by atoms with Crippen LogP contribution in [0.25, 0.3) is 0 Å². The average molecular weight is 302 g/mol. The van der Waals surface area contributed by atoms with E-state index in [1.807, 2.05) is 4.90 Å². The van der Waals surface area contributed by atoms with Crippen LogP contribution in [0.3, 0.4) is 0 Å². The van der Waals surface area contributed by atoms with Gasteiger partial charge in [-0.2, -0.15) is 15.0 Å². The minimum Gasteiger partial charge on any atom is -0.481 e. The number of nitrogens with zero attached hydrogens (tertiary/aromatic N) is 5. The van der Waals surface area contributed by atoms with Gasteiger partial charge in [0.05, 0.1) is 13.5 Å². The molecule has 8 nitrogen and oxygen atoms in total. The number of carbonyl (C=O) groups is 1. The zero-order chi connectivity index (χ0) is 14.5. The number of carboxylic acid groups (broad SMARTS) is 1. The van der Waals surface area contributed by atoms with E-state index in [9.17, 15) is 4.79 Å². The zero-order valence-electron chi connectivity index (χ0n) is 11.1. The molecule has 0 bridgehead atoms. The van der Waals surface area contributed by atoms with E-state index in [1.54, 1.807) is 0 Å². The Balaban J connectivity index is 1.93. The zero-order valence-corrected chi connectivity index (χ0v) is 11.9. The van der Waals surface area contributed by atoms with Gasteiger partial charge in [-0.25, -0.2) is 0 Å². The number of rotatable bonds is 5. The van der Waals surface area contributed by atoms with E-state index in [-0.39, 0.29) is 17.7 Å². The van der Waals surface area contributed by atoms with Gasteiger partial charge in [0, 0.05) is 32.7 Å². The van der Waals surface area contributed by atoms with Gasteiger partial charge in [-0.1, -0.05) is 0 Å². The number of hydrogen-bond acceptors (Lipinski definition) is 7. The maximum Gasteiger partial charge on any atom is 0.322 e. The van der Waals surface area contributed by atoms with Crippen LogP contribution in [0.5, 0.6) is 6.01 Å². The second-order valence-electron chi connectivity index (χ2n) is 4.36. The van der Waals surface area contributed by atoms with E-state index < -0.39 is 5.97 Å². The summed E-state index contributed by atoms with van der Waals surface area (Å²) in [7, 11) is 1.47. The molecular weight excluding hydrogens is 286 g/mol. The smallest absolute Gasteiger partial charge is 0.322 e. The number of hydrogen-bond donors (Lipinski definition) is 1. The first-order valence-corrected chi connectivity index (χ1v) is 6.61. The highest BCUT2D eigenvalue weighted by Gasteiger charge is 2.20. The summed E-state index contributed by atoms with van der Waals surface area (Å²) in [5.41, 5.74) is 0. The molecule has 0 aliphatic carbocycles. The van der Waals surface area contributed by atoms with Crippen molar-refractivity contribution in [1.82, 2.24) is 19.9 Å². The Bertz CT molecular complexity index is 479. The lowest BCUT2D eigenvalue weighted by atomic mass is 10.3. The number of methoxy groups -OCH3 is 1. The summed E-state index contributed by atoms with van der Waals surface area (Å²) >= 11 is 5.82. The molecule has 2 heterocycles. The Morgan fingerprint density at radius 1 is 1.30 bits per heavy atom. The third-order valence-electron chi connectivity index (χ3n) is 3.06. The maximum atomic E-state index is 10.5. The first kappa shape index (κ1) is 14.7. The van der Waals surface area contributed by atoms with Gasteiger partial charge in [0.1, 0.15) is 0 Å². The first-order chi connectivity index (χ1) is 9.58. The van der Waals surface area contributed by atoms with E-state index in [4.69, 9.17) is 21.4 Å². The molecule has 0 atom stereocenters. The molecule has 0 saturated carbocycles. The van der Waals surface area contributed by atoms with Crippen molar-refractivity contribution in [3.8, 4) is 6.01 Å². The number of ether oxygens (including phenoxy) is 1. The molecule has 1 aromatic heterocycles. The van der Waals surface area contributed by atoms with Gasteiger partial charge < -0.3 is 14.7 Å². The average Bonchev–Trinajstić information content (AvgIpc) is 2.45. The number of anilines is 1. The quantitative estimate of drug-likeness (QED) is 0.820. The SMILES string of the molecule is COc1nc(Cl)nc(N2CCN(CCC(=O)O)CC2)n1. The molecular formula is C11H16ClN5O3. The summed E-state index contributed by atoms with van der Waals surface area (Å²) in [6.45, 7) is 3.51. The van der Waals surface area contributed by atoms with Crippen molar-refractivity contribution in [2.24, 2.45) is 0 Å². The minimum absolute atomic E-state index is 0.0974. The molecule has 1 aliphatic heterocycles. The van der Waals surface area contributed by atoms with Gasteiger partial charge in [0.2, 0.25) is 11.2 Å². The lowest BCUT2D eigenvalue weighted by molar-refractivity contribution is -0.137. The fourth-order valence-corrected chi connectivity index (χ4v) is 2.13. The number of aliphatic carboxylic acids is 1. The Labute approximate surface area is 121 Å². The summed E-state index contributed by atoms with van der Waals surface area (Å²) in [4.78, 5) is 26.7. The molecule has 1 saturated heterocycles. The predicted molar refractivity (Wildman–Crippen MR) is 72.3 cm³/mol. The Hall–Kier alpha value is -1.67. The molecule has 20 heavy (non-hydrogen) atoms. The Morgan fingerprint density at radius 2 is 2.00 bits per heavy atom. The van der Waals surface area contributed by atoms with E-state index in [1.165, 1.54) is 7.11 Å². The Morgan fingerprint density at radius 3 is 2.60 bits per heavy atom. The summed E-state index contributed by atoms with van der Waals surface area (Å²) in [5.74, 6) is -0.291. The van der Waals surface area contributed by atoms with Crippen molar-refractivity contribution in [2.45, 2.75) is 6.42 Å². The highest BCUT2D eigenvalue weighted by Crippen LogP contribution is 2.16. The fourth-order valence-electron chi connectivity index (χ4n) is 1.98. The standard InChI is InChI=1S/C11H16ClN5O3/c1-20-11-14-9(12)13-10(15-11)17-6-4-16(5-7-17)3-2-8(18)19/h2-7H2,1H3,(H,18,19). The van der Waals surface area contributed by atoms with Gasteiger partial charge >= 0.3 is 12.0 Å². The van der Waals surface area contributed by atoms with E-state index in [0.717, 1.165) is 13.1 Å². The monoisotopic (exact) mass is 301 g/mol. The van der Waals surface area contributed by atoms with Gasteiger partial charge in [-0.3, -0.25) is 9.69 Å². The lowest BCUT2D eigenvalue weighted by Gasteiger charge is -2.34. The molecule has 1 fully saturated rings. The fraction of sp³-hybridized carbons (Fsp3) is 0.636. The van der Waals surface area contributed by atoms with Crippen LogP contribution in [0, 0.1) is 0 Å². The largest absolute Gasteiger partial charge is 0.481 e. The first-order valence-electron chi connectivity index (χ1n) is 6.23. The highest BCUT2D eigenvalue weighted by molar-refractivity contribution is 6.28. The van der Waals surface area contributed by atoms with E-state index in [0.29, 0.717) is 25.6 Å². The van der Waals surface area contributed by atoms with Crippen molar-refractivity contribution in [2.75, 3.05) is 44.7 Å². The highest BCUT2D eigenvalue weighted by atomic mass is 35.5. The van der Waals surface area contributed by atoms with Crippen molar-refractivity contribution in [3.05, 3.63) is 5.28 Å². The van der Waals surface area contributed by atoms with Crippen LogP contribution in [0.2, 0.25) is 5.28 Å². The summed E-state index contributed by atoms with van der Waals surface area (Å²) in [6.07, 6.45) is 0.158. The molecule has 1 aromatic rings. The van der Waals surface area contributed by atoms with Crippen molar-refractivity contribution in [3.63, 3.8) is 0 Å². The molecule has 2 rings (SSSR count). The van der Waals surface area contributed by atoms with E-state index in [2.05, 4.69) is 19.9 Å². The predicted octanol–water partition coefficient (Wildman–Crippen LogP) is 0.130. The molecule has 0 radical (unpaired) electrons.